The second kappa shape index (κ2) is 12.0. The van der Waals surface area contributed by atoms with Gasteiger partial charge in [0.05, 0.1) is 11.1 Å². The Balaban J connectivity index is 1.44. The first-order valence-corrected chi connectivity index (χ1v) is 12.3. The Morgan fingerprint density at radius 3 is 1.39 bits per heavy atom. The summed E-state index contributed by atoms with van der Waals surface area (Å²) in [5.41, 5.74) is 0.352. The summed E-state index contributed by atoms with van der Waals surface area (Å²) < 4.78 is 11.4. The van der Waals surface area contributed by atoms with E-state index in [0.29, 0.717) is 17.9 Å². The van der Waals surface area contributed by atoms with Gasteiger partial charge in [0.1, 0.15) is 34.1 Å². The number of carbonyl (C=O) groups is 4. The number of aromatic carboxylic acids is 4. The molecule has 4 aromatic rings. The van der Waals surface area contributed by atoms with Crippen molar-refractivity contribution in [1.29, 1.82) is 0 Å². The second-order valence-corrected chi connectivity index (χ2v) is 9.10. The molecule has 10 heteroatoms. The molecule has 0 saturated heterocycles. The molecule has 1 unspecified atom stereocenters. The molecule has 0 spiro atoms. The van der Waals surface area contributed by atoms with Crippen molar-refractivity contribution < 1.29 is 49.1 Å². The van der Waals surface area contributed by atoms with Crippen LogP contribution in [-0.4, -0.2) is 44.3 Å². The highest BCUT2D eigenvalue weighted by atomic mass is 16.5. The minimum atomic E-state index is -1.41. The average Bonchev–Trinajstić information content (AvgIpc) is 2.93. The quantitative estimate of drug-likeness (QED) is 0.162. The van der Waals surface area contributed by atoms with E-state index in [9.17, 15) is 39.6 Å². The number of carboxylic acid groups (broad SMARTS) is 4. The van der Waals surface area contributed by atoms with Gasteiger partial charge in [0.15, 0.2) is 0 Å². The zero-order valence-corrected chi connectivity index (χ0v) is 21.6. The van der Waals surface area contributed by atoms with Gasteiger partial charge < -0.3 is 29.9 Å². The molecule has 1 atom stereocenters. The summed E-state index contributed by atoms with van der Waals surface area (Å²) in [7, 11) is 0. The van der Waals surface area contributed by atoms with Crippen LogP contribution in [0.2, 0.25) is 0 Å². The molecule has 4 N–H and O–H groups in total. The van der Waals surface area contributed by atoms with Crippen LogP contribution in [0.15, 0.2) is 84.9 Å². The van der Waals surface area contributed by atoms with Gasteiger partial charge in [-0.2, -0.15) is 0 Å². The molecule has 0 aliphatic carbocycles. The van der Waals surface area contributed by atoms with E-state index in [0.717, 1.165) is 11.1 Å². The summed E-state index contributed by atoms with van der Waals surface area (Å²) in [6.45, 7) is 2.02. The van der Waals surface area contributed by atoms with E-state index >= 15 is 0 Å². The third-order valence-electron chi connectivity index (χ3n) is 6.31. The van der Waals surface area contributed by atoms with Crippen LogP contribution in [0.3, 0.4) is 0 Å². The molecule has 0 saturated carbocycles. The summed E-state index contributed by atoms with van der Waals surface area (Å²) in [5.74, 6) is -4.93. The van der Waals surface area contributed by atoms with Gasteiger partial charge in [0, 0.05) is 0 Å². The highest BCUT2D eigenvalue weighted by Crippen LogP contribution is 2.31. The molecule has 0 aliphatic rings. The molecule has 0 amide bonds. The first kappa shape index (κ1) is 28.4. The summed E-state index contributed by atoms with van der Waals surface area (Å²) >= 11 is 0. The van der Waals surface area contributed by atoms with Crippen LogP contribution >= 0.6 is 0 Å². The first-order chi connectivity index (χ1) is 19.5. The molecule has 0 radical (unpaired) electrons. The van der Waals surface area contributed by atoms with Crippen molar-refractivity contribution in [3.05, 3.63) is 118 Å². The zero-order valence-electron chi connectivity index (χ0n) is 21.6. The van der Waals surface area contributed by atoms with Crippen LogP contribution in [0.5, 0.6) is 23.0 Å². The van der Waals surface area contributed by atoms with Gasteiger partial charge in [0.25, 0.3) is 0 Å². The molecule has 0 heterocycles. The van der Waals surface area contributed by atoms with E-state index in [2.05, 4.69) is 0 Å². The van der Waals surface area contributed by atoms with Gasteiger partial charge in [-0.3, -0.25) is 0 Å². The predicted molar refractivity (Wildman–Crippen MR) is 146 cm³/mol. The van der Waals surface area contributed by atoms with Crippen molar-refractivity contribution in [3.63, 3.8) is 0 Å². The van der Waals surface area contributed by atoms with Crippen LogP contribution in [-0.2, 0) is 6.42 Å². The second-order valence-electron chi connectivity index (χ2n) is 9.10. The van der Waals surface area contributed by atoms with E-state index in [1.807, 2.05) is 31.2 Å². The van der Waals surface area contributed by atoms with Gasteiger partial charge >= 0.3 is 23.9 Å². The largest absolute Gasteiger partial charge is 0.478 e. The predicted octanol–water partition coefficient (Wildman–Crippen LogP) is 6.41. The third-order valence-corrected chi connectivity index (χ3v) is 6.31. The van der Waals surface area contributed by atoms with Crippen molar-refractivity contribution in [2.45, 2.75) is 19.3 Å². The maximum atomic E-state index is 11.7. The molecule has 208 valence electrons. The number of rotatable bonds is 11. The smallest absolute Gasteiger partial charge is 0.340 e. The van der Waals surface area contributed by atoms with Gasteiger partial charge in [-0.1, -0.05) is 43.3 Å². The molecule has 10 nitrogen and oxygen atoms in total. The molecule has 0 bridgehead atoms. The van der Waals surface area contributed by atoms with E-state index in [4.69, 9.17) is 9.47 Å². The van der Waals surface area contributed by atoms with Gasteiger partial charge in [-0.25, -0.2) is 19.2 Å². The Morgan fingerprint density at radius 1 is 0.585 bits per heavy atom. The number of benzene rings is 4. The molecule has 0 aliphatic heterocycles. The van der Waals surface area contributed by atoms with Crippen LogP contribution < -0.4 is 9.47 Å². The molecule has 0 aromatic heterocycles. The Morgan fingerprint density at radius 2 is 1.00 bits per heavy atom. The lowest BCUT2D eigenvalue weighted by Crippen LogP contribution is -2.09. The van der Waals surface area contributed by atoms with Crippen molar-refractivity contribution in [2.75, 3.05) is 0 Å². The van der Waals surface area contributed by atoms with E-state index in [-0.39, 0.29) is 28.5 Å². The van der Waals surface area contributed by atoms with Crippen LogP contribution in [0.1, 0.15) is 65.4 Å². The minimum absolute atomic E-state index is 0.0756. The van der Waals surface area contributed by atoms with Crippen molar-refractivity contribution in [1.82, 2.24) is 0 Å². The lowest BCUT2D eigenvalue weighted by atomic mass is 9.94. The minimum Gasteiger partial charge on any atom is -0.478 e. The topological polar surface area (TPSA) is 168 Å². The standard InChI is InChI=1S/C31H24O10/c1-17(19-10-14-21(15-11-19)41-25-7-3-5-23(29(34)35)27(25)31(38)39)16-18-8-12-20(13-9-18)40-24-6-2-4-22(28(32)33)26(24)30(36)37/h2-15,17H,16H2,1H3,(H,32,33)(H,34,35)(H,36,37)(H,38,39). The first-order valence-electron chi connectivity index (χ1n) is 12.3. The Labute approximate surface area is 233 Å². The summed E-state index contributed by atoms with van der Waals surface area (Å²) in [4.78, 5) is 46.1. The molecule has 4 rings (SSSR count). The van der Waals surface area contributed by atoms with Gasteiger partial charge in [-0.15, -0.1) is 0 Å². The number of carboxylic acids is 4. The SMILES string of the molecule is CC(Cc1ccc(Oc2cccc(C(=O)O)c2C(=O)O)cc1)c1ccc(Oc2cccc(C(=O)O)c2C(=O)O)cc1. The monoisotopic (exact) mass is 556 g/mol. The van der Waals surface area contributed by atoms with E-state index in [1.165, 1.54) is 36.4 Å². The highest BCUT2D eigenvalue weighted by molar-refractivity contribution is 6.04. The number of hydrogen-bond acceptors (Lipinski definition) is 6. The molecular formula is C31H24O10. The maximum absolute atomic E-state index is 11.7. The van der Waals surface area contributed by atoms with Gasteiger partial charge in [0.2, 0.25) is 0 Å². The normalized spacial score (nSPS) is 11.3. The van der Waals surface area contributed by atoms with Crippen molar-refractivity contribution in [3.8, 4) is 23.0 Å². The highest BCUT2D eigenvalue weighted by Gasteiger charge is 2.23. The van der Waals surface area contributed by atoms with E-state index in [1.54, 1.807) is 24.3 Å². The van der Waals surface area contributed by atoms with Crippen LogP contribution in [0.4, 0.5) is 0 Å². The molecule has 4 aromatic carbocycles. The summed E-state index contributed by atoms with van der Waals surface area (Å²) in [6.07, 6.45) is 0.652. The van der Waals surface area contributed by atoms with Crippen molar-refractivity contribution in [2.24, 2.45) is 0 Å². The maximum Gasteiger partial charge on any atom is 0.340 e. The lowest BCUT2D eigenvalue weighted by Gasteiger charge is -2.15. The fourth-order valence-corrected chi connectivity index (χ4v) is 4.31. The number of ether oxygens (including phenoxy) is 2. The van der Waals surface area contributed by atoms with Crippen LogP contribution in [0, 0.1) is 0 Å². The lowest BCUT2D eigenvalue weighted by molar-refractivity contribution is 0.0649. The van der Waals surface area contributed by atoms with Crippen LogP contribution in [0.25, 0.3) is 0 Å². The average molecular weight is 557 g/mol. The number of hydrogen-bond donors (Lipinski definition) is 4. The zero-order chi connectivity index (χ0) is 29.7. The Bertz CT molecular complexity index is 1620. The molecule has 41 heavy (non-hydrogen) atoms. The fourth-order valence-electron chi connectivity index (χ4n) is 4.31. The fraction of sp³-hybridized carbons (Fsp3) is 0.0968. The van der Waals surface area contributed by atoms with E-state index < -0.39 is 35.0 Å². The van der Waals surface area contributed by atoms with Crippen molar-refractivity contribution >= 4 is 23.9 Å². The van der Waals surface area contributed by atoms with Gasteiger partial charge in [-0.05, 0) is 72.0 Å². The third kappa shape index (κ3) is 6.51. The Hall–Kier alpha value is -5.64. The Kier molecular flexibility index (Phi) is 8.33. The summed E-state index contributed by atoms with van der Waals surface area (Å²) in [6, 6.07) is 22.0. The molecular weight excluding hydrogens is 532 g/mol. The summed E-state index contributed by atoms with van der Waals surface area (Å²) in [5, 5.41) is 37.6. The molecule has 0 fully saturated rings.